The maximum absolute atomic E-state index is 10.1. The predicted octanol–water partition coefficient (Wildman–Crippen LogP) is 2.94. The SMILES string of the molecule is CN(CC(O)CC1CCCC1)c1ccc(C#N)cc1. The van der Waals surface area contributed by atoms with Gasteiger partial charge in [0.15, 0.2) is 0 Å². The van der Waals surface area contributed by atoms with Crippen LogP contribution in [0.25, 0.3) is 0 Å². The summed E-state index contributed by atoms with van der Waals surface area (Å²) in [5.74, 6) is 0.712. The van der Waals surface area contributed by atoms with E-state index in [4.69, 9.17) is 5.26 Å². The van der Waals surface area contributed by atoms with Crippen molar-refractivity contribution in [2.75, 3.05) is 18.5 Å². The molecule has 0 amide bonds. The molecule has 1 fully saturated rings. The molecule has 1 saturated carbocycles. The van der Waals surface area contributed by atoms with Crippen molar-refractivity contribution >= 4 is 5.69 Å². The summed E-state index contributed by atoms with van der Waals surface area (Å²) in [6, 6.07) is 9.61. The number of hydrogen-bond acceptors (Lipinski definition) is 3. The number of anilines is 1. The average Bonchev–Trinajstić information content (AvgIpc) is 2.91. The van der Waals surface area contributed by atoms with E-state index in [-0.39, 0.29) is 6.10 Å². The van der Waals surface area contributed by atoms with Gasteiger partial charge in [-0.25, -0.2) is 0 Å². The number of hydrogen-bond donors (Lipinski definition) is 1. The Morgan fingerprint density at radius 3 is 2.53 bits per heavy atom. The van der Waals surface area contributed by atoms with Crippen LogP contribution in [0.4, 0.5) is 5.69 Å². The van der Waals surface area contributed by atoms with E-state index in [2.05, 4.69) is 11.0 Å². The van der Waals surface area contributed by atoms with Gasteiger partial charge in [0.2, 0.25) is 0 Å². The normalized spacial score (nSPS) is 17.1. The predicted molar refractivity (Wildman–Crippen MR) is 77.0 cm³/mol. The van der Waals surface area contributed by atoms with Crippen LogP contribution in [-0.2, 0) is 0 Å². The molecule has 1 aliphatic rings. The molecular weight excluding hydrogens is 236 g/mol. The highest BCUT2D eigenvalue weighted by Crippen LogP contribution is 2.28. The van der Waals surface area contributed by atoms with Crippen LogP contribution in [0.2, 0.25) is 0 Å². The first-order valence-corrected chi connectivity index (χ1v) is 7.08. The summed E-state index contributed by atoms with van der Waals surface area (Å²) in [4.78, 5) is 2.06. The molecule has 0 bridgehead atoms. The second-order valence-electron chi connectivity index (χ2n) is 5.58. The topological polar surface area (TPSA) is 47.3 Å². The Bertz CT molecular complexity index is 429. The van der Waals surface area contributed by atoms with Gasteiger partial charge in [0.25, 0.3) is 0 Å². The highest BCUT2D eigenvalue weighted by Gasteiger charge is 2.19. The summed E-state index contributed by atoms with van der Waals surface area (Å²) in [7, 11) is 1.99. The zero-order chi connectivity index (χ0) is 13.7. The minimum Gasteiger partial charge on any atom is -0.391 e. The lowest BCUT2D eigenvalue weighted by Gasteiger charge is -2.24. The van der Waals surface area contributed by atoms with Gasteiger partial charge in [0, 0.05) is 19.3 Å². The molecule has 19 heavy (non-hydrogen) atoms. The molecule has 1 aliphatic carbocycles. The third kappa shape index (κ3) is 3.97. The lowest BCUT2D eigenvalue weighted by atomic mass is 10.00. The van der Waals surface area contributed by atoms with Gasteiger partial charge in [-0.2, -0.15) is 5.26 Å². The maximum atomic E-state index is 10.1. The molecule has 3 nitrogen and oxygen atoms in total. The molecule has 1 aromatic rings. The second kappa shape index (κ2) is 6.58. The Kier molecular flexibility index (Phi) is 4.81. The zero-order valence-corrected chi connectivity index (χ0v) is 11.5. The minimum absolute atomic E-state index is 0.260. The van der Waals surface area contributed by atoms with Gasteiger partial charge in [-0.1, -0.05) is 25.7 Å². The molecule has 0 radical (unpaired) electrons. The Morgan fingerprint density at radius 1 is 1.32 bits per heavy atom. The van der Waals surface area contributed by atoms with E-state index >= 15 is 0 Å². The Balaban J connectivity index is 1.84. The number of likely N-dealkylation sites (N-methyl/N-ethyl adjacent to an activating group) is 1. The van der Waals surface area contributed by atoms with Gasteiger partial charge in [-0.05, 0) is 36.6 Å². The second-order valence-corrected chi connectivity index (χ2v) is 5.58. The molecule has 1 atom stereocenters. The minimum atomic E-state index is -0.260. The van der Waals surface area contributed by atoms with Gasteiger partial charge in [-0.15, -0.1) is 0 Å². The molecule has 0 saturated heterocycles. The number of rotatable bonds is 5. The van der Waals surface area contributed by atoms with Gasteiger partial charge in [0.05, 0.1) is 17.7 Å². The first-order valence-electron chi connectivity index (χ1n) is 7.08. The standard InChI is InChI=1S/C16H22N2O/c1-18(15-8-6-14(11-17)7-9-15)12-16(19)10-13-4-2-3-5-13/h6-9,13,16,19H,2-5,10,12H2,1H3. The summed E-state index contributed by atoms with van der Waals surface area (Å²) in [5.41, 5.74) is 1.72. The molecule has 102 valence electrons. The van der Waals surface area contributed by atoms with Gasteiger partial charge >= 0.3 is 0 Å². The Labute approximate surface area is 115 Å². The zero-order valence-electron chi connectivity index (χ0n) is 11.5. The van der Waals surface area contributed by atoms with Crippen LogP contribution in [0.15, 0.2) is 24.3 Å². The summed E-state index contributed by atoms with van der Waals surface area (Å²) in [5, 5.41) is 18.9. The van der Waals surface area contributed by atoms with Crippen LogP contribution in [0.3, 0.4) is 0 Å². The summed E-state index contributed by atoms with van der Waals surface area (Å²) >= 11 is 0. The van der Waals surface area contributed by atoms with Gasteiger partial charge in [-0.3, -0.25) is 0 Å². The van der Waals surface area contributed by atoms with E-state index < -0.39 is 0 Å². The summed E-state index contributed by atoms with van der Waals surface area (Å²) in [6.07, 6.45) is 5.85. The molecule has 0 spiro atoms. The lowest BCUT2D eigenvalue weighted by Crippen LogP contribution is -2.30. The van der Waals surface area contributed by atoms with E-state index in [1.807, 2.05) is 31.3 Å². The van der Waals surface area contributed by atoms with E-state index in [0.29, 0.717) is 18.0 Å². The molecule has 1 unspecified atom stereocenters. The van der Waals surface area contributed by atoms with Crippen LogP contribution in [0, 0.1) is 17.2 Å². The van der Waals surface area contributed by atoms with Gasteiger partial charge in [0.1, 0.15) is 0 Å². The number of aliphatic hydroxyl groups excluding tert-OH is 1. The van der Waals surface area contributed by atoms with Crippen molar-refractivity contribution in [1.29, 1.82) is 5.26 Å². The summed E-state index contributed by atoms with van der Waals surface area (Å²) in [6.45, 7) is 0.655. The highest BCUT2D eigenvalue weighted by atomic mass is 16.3. The van der Waals surface area contributed by atoms with Crippen molar-refractivity contribution in [3.63, 3.8) is 0 Å². The van der Waals surface area contributed by atoms with Crippen LogP contribution < -0.4 is 4.90 Å². The number of nitriles is 1. The van der Waals surface area contributed by atoms with Crippen LogP contribution in [0.5, 0.6) is 0 Å². The number of nitrogens with zero attached hydrogens (tertiary/aromatic N) is 2. The van der Waals surface area contributed by atoms with Gasteiger partial charge < -0.3 is 10.0 Å². The number of aliphatic hydroxyl groups is 1. The third-order valence-electron chi connectivity index (χ3n) is 4.00. The fourth-order valence-corrected chi connectivity index (χ4v) is 2.92. The van der Waals surface area contributed by atoms with Crippen molar-refractivity contribution in [1.82, 2.24) is 0 Å². The van der Waals surface area contributed by atoms with Crippen molar-refractivity contribution in [3.05, 3.63) is 29.8 Å². The Hall–Kier alpha value is -1.53. The lowest BCUT2D eigenvalue weighted by molar-refractivity contribution is 0.149. The van der Waals surface area contributed by atoms with E-state index in [0.717, 1.165) is 12.1 Å². The first kappa shape index (κ1) is 13.9. The Morgan fingerprint density at radius 2 is 1.95 bits per heavy atom. The van der Waals surface area contributed by atoms with Crippen LogP contribution in [-0.4, -0.2) is 24.8 Å². The first-order chi connectivity index (χ1) is 9.19. The average molecular weight is 258 g/mol. The fourth-order valence-electron chi connectivity index (χ4n) is 2.92. The van der Waals surface area contributed by atoms with E-state index in [1.54, 1.807) is 0 Å². The molecule has 2 rings (SSSR count). The molecule has 1 aromatic carbocycles. The fraction of sp³-hybridized carbons (Fsp3) is 0.562. The van der Waals surface area contributed by atoms with Crippen LogP contribution in [0.1, 0.15) is 37.7 Å². The maximum Gasteiger partial charge on any atom is 0.0991 e. The summed E-state index contributed by atoms with van der Waals surface area (Å²) < 4.78 is 0. The quantitative estimate of drug-likeness (QED) is 0.883. The van der Waals surface area contributed by atoms with Crippen molar-refractivity contribution in [2.24, 2.45) is 5.92 Å². The van der Waals surface area contributed by atoms with E-state index in [9.17, 15) is 5.11 Å². The smallest absolute Gasteiger partial charge is 0.0991 e. The largest absolute Gasteiger partial charge is 0.391 e. The van der Waals surface area contributed by atoms with Crippen molar-refractivity contribution in [3.8, 4) is 6.07 Å². The molecular formula is C16H22N2O. The highest BCUT2D eigenvalue weighted by molar-refractivity contribution is 5.49. The molecule has 3 heteroatoms. The molecule has 0 aliphatic heterocycles. The van der Waals surface area contributed by atoms with Crippen molar-refractivity contribution < 1.29 is 5.11 Å². The molecule has 0 aromatic heterocycles. The molecule has 1 N–H and O–H groups in total. The monoisotopic (exact) mass is 258 g/mol. The van der Waals surface area contributed by atoms with Crippen molar-refractivity contribution in [2.45, 2.75) is 38.2 Å². The number of benzene rings is 1. The third-order valence-corrected chi connectivity index (χ3v) is 4.00. The van der Waals surface area contributed by atoms with Crippen LogP contribution >= 0.6 is 0 Å². The molecule has 0 heterocycles. The van der Waals surface area contributed by atoms with E-state index in [1.165, 1.54) is 25.7 Å².